The number of aryl methyl sites for hydroxylation is 2. The summed E-state index contributed by atoms with van der Waals surface area (Å²) in [6.45, 7) is 0.890. The Morgan fingerprint density at radius 2 is 1.67 bits per heavy atom. The second-order valence-electron chi connectivity index (χ2n) is 8.93. The fraction of sp³-hybridized carbons (Fsp3) is 0.259. The van der Waals surface area contributed by atoms with Gasteiger partial charge in [-0.3, -0.25) is 19.3 Å². The number of aromatic nitrogens is 1. The van der Waals surface area contributed by atoms with Crippen LogP contribution < -0.4 is 10.4 Å². The minimum Gasteiger partial charge on any atom is -0.502 e. The maximum Gasteiger partial charge on any atom is 0.277 e. The zero-order valence-electron chi connectivity index (χ0n) is 18.3. The van der Waals surface area contributed by atoms with Gasteiger partial charge in [0.2, 0.25) is 5.43 Å². The Morgan fingerprint density at radius 3 is 2.58 bits per heavy atom. The fourth-order valence-corrected chi connectivity index (χ4v) is 5.50. The molecule has 1 aliphatic carbocycles. The molecule has 166 valence electrons. The van der Waals surface area contributed by atoms with Crippen LogP contribution in [0.3, 0.4) is 0 Å². The molecule has 0 spiro atoms. The highest BCUT2D eigenvalue weighted by Crippen LogP contribution is 2.40. The molecule has 0 fully saturated rings. The number of nitrogens with zero attached hydrogens (tertiary/aromatic N) is 3. The number of hydrogen-bond donors (Lipinski definition) is 1. The van der Waals surface area contributed by atoms with E-state index < -0.39 is 11.2 Å². The summed E-state index contributed by atoms with van der Waals surface area (Å²) >= 11 is 0. The lowest BCUT2D eigenvalue weighted by molar-refractivity contribution is 0.0683. The highest BCUT2D eigenvalue weighted by molar-refractivity contribution is 5.96. The number of fused-ring (bicyclic) bond motifs is 7. The smallest absolute Gasteiger partial charge is 0.277 e. The zero-order valence-corrected chi connectivity index (χ0v) is 18.3. The van der Waals surface area contributed by atoms with Gasteiger partial charge in [-0.2, -0.15) is 0 Å². The van der Waals surface area contributed by atoms with Crippen LogP contribution in [0.4, 0.5) is 0 Å². The van der Waals surface area contributed by atoms with E-state index in [0.29, 0.717) is 19.6 Å². The van der Waals surface area contributed by atoms with Crippen molar-refractivity contribution < 1.29 is 9.90 Å². The predicted molar refractivity (Wildman–Crippen MR) is 126 cm³/mol. The van der Waals surface area contributed by atoms with Gasteiger partial charge in [-0.1, -0.05) is 54.6 Å². The summed E-state index contributed by atoms with van der Waals surface area (Å²) in [6, 6.07) is 16.2. The molecule has 3 aliphatic rings. The largest absolute Gasteiger partial charge is 0.502 e. The number of carbonyl (C=O) groups is 1. The molecule has 0 saturated heterocycles. The molecular weight excluding hydrogens is 414 g/mol. The maximum atomic E-state index is 13.3. The molecule has 1 N–H and O–H groups in total. The minimum atomic E-state index is -0.539. The standard InChI is InChI=1S/C27H25N3O3/c31-22-14-16-29-25(26(22)32)27(33)28-15-5-1-2-8-19-9-6-10-20-13-12-18-7-3-4-11-21(18)24(23(19)20)30(29)17-28/h1-4,6-7,9-11,14,16,24,32H,5,8,12-13,15,17H2/b2-1-/t24-/m1/s1. The first-order chi connectivity index (χ1) is 16.1. The number of hydrogen-bond acceptors (Lipinski definition) is 4. The number of rotatable bonds is 0. The lowest BCUT2D eigenvalue weighted by Gasteiger charge is -2.44. The summed E-state index contributed by atoms with van der Waals surface area (Å²) in [6.07, 6.45) is 9.36. The number of benzene rings is 2. The van der Waals surface area contributed by atoms with E-state index in [1.165, 1.54) is 33.9 Å². The molecule has 0 saturated carbocycles. The van der Waals surface area contributed by atoms with Crippen LogP contribution in [0.5, 0.6) is 5.75 Å². The topological polar surface area (TPSA) is 65.8 Å². The predicted octanol–water partition coefficient (Wildman–Crippen LogP) is 3.30. The van der Waals surface area contributed by atoms with Gasteiger partial charge in [0.1, 0.15) is 6.67 Å². The molecule has 6 rings (SSSR count). The Morgan fingerprint density at radius 1 is 0.879 bits per heavy atom. The molecule has 6 heteroatoms. The summed E-state index contributed by atoms with van der Waals surface area (Å²) in [4.78, 5) is 27.4. The van der Waals surface area contributed by atoms with E-state index in [1.54, 1.807) is 15.8 Å². The second-order valence-corrected chi connectivity index (χ2v) is 8.93. The Balaban J connectivity index is 1.68. The lowest BCUT2D eigenvalue weighted by atomic mass is 9.89. The molecule has 2 aliphatic heterocycles. The molecule has 1 aromatic heterocycles. The average molecular weight is 440 g/mol. The van der Waals surface area contributed by atoms with Gasteiger partial charge in [0.05, 0.1) is 6.04 Å². The third kappa shape index (κ3) is 3.09. The second kappa shape index (κ2) is 7.66. The average Bonchev–Trinajstić information content (AvgIpc) is 3.01. The normalized spacial score (nSPS) is 20.1. The monoisotopic (exact) mass is 439 g/mol. The molecule has 1 amide bonds. The van der Waals surface area contributed by atoms with E-state index in [-0.39, 0.29) is 17.6 Å². The summed E-state index contributed by atoms with van der Waals surface area (Å²) in [5.74, 6) is -0.803. The van der Waals surface area contributed by atoms with Gasteiger partial charge in [-0.15, -0.1) is 0 Å². The summed E-state index contributed by atoms with van der Waals surface area (Å²) in [5.41, 5.74) is 5.81. The first-order valence-electron chi connectivity index (χ1n) is 11.5. The maximum absolute atomic E-state index is 13.3. The molecule has 33 heavy (non-hydrogen) atoms. The zero-order chi connectivity index (χ0) is 22.5. The van der Waals surface area contributed by atoms with Crippen LogP contribution in [0.1, 0.15) is 50.8 Å². The van der Waals surface area contributed by atoms with Crippen LogP contribution in [0.2, 0.25) is 0 Å². The fourth-order valence-electron chi connectivity index (χ4n) is 5.50. The van der Waals surface area contributed by atoms with Crippen molar-refractivity contribution >= 4 is 5.91 Å². The van der Waals surface area contributed by atoms with Crippen molar-refractivity contribution in [2.24, 2.45) is 0 Å². The van der Waals surface area contributed by atoms with E-state index in [1.807, 2.05) is 0 Å². The number of pyridine rings is 1. The van der Waals surface area contributed by atoms with E-state index >= 15 is 0 Å². The van der Waals surface area contributed by atoms with Gasteiger partial charge in [0.25, 0.3) is 5.91 Å². The van der Waals surface area contributed by atoms with Crippen molar-refractivity contribution in [3.63, 3.8) is 0 Å². The quantitative estimate of drug-likeness (QED) is 0.546. The third-order valence-corrected chi connectivity index (χ3v) is 7.08. The first kappa shape index (κ1) is 19.9. The third-order valence-electron chi connectivity index (χ3n) is 7.08. The van der Waals surface area contributed by atoms with Crippen molar-refractivity contribution in [2.75, 3.05) is 18.2 Å². The Hall–Kier alpha value is -3.80. The number of allylic oxidation sites excluding steroid dienone is 1. The summed E-state index contributed by atoms with van der Waals surface area (Å²) < 4.78 is 1.70. The Bertz CT molecular complexity index is 1360. The van der Waals surface area contributed by atoms with Gasteiger partial charge in [0.15, 0.2) is 11.4 Å². The molecule has 6 nitrogen and oxygen atoms in total. The van der Waals surface area contributed by atoms with E-state index in [4.69, 9.17) is 0 Å². The van der Waals surface area contributed by atoms with Crippen molar-refractivity contribution in [1.29, 1.82) is 0 Å². The van der Waals surface area contributed by atoms with Crippen molar-refractivity contribution in [3.05, 3.63) is 111 Å². The molecule has 2 aromatic carbocycles. The molecule has 3 heterocycles. The Labute approximate surface area is 192 Å². The summed E-state index contributed by atoms with van der Waals surface area (Å²) in [7, 11) is 0. The van der Waals surface area contributed by atoms with Crippen LogP contribution in [-0.2, 0) is 19.3 Å². The highest BCUT2D eigenvalue weighted by Gasteiger charge is 2.38. The van der Waals surface area contributed by atoms with Crippen LogP contribution in [0.25, 0.3) is 0 Å². The van der Waals surface area contributed by atoms with E-state index in [2.05, 4.69) is 59.6 Å². The number of carbonyl (C=O) groups excluding carboxylic acids is 1. The molecule has 2 bridgehead atoms. The van der Waals surface area contributed by atoms with Crippen LogP contribution in [0, 0.1) is 0 Å². The van der Waals surface area contributed by atoms with Gasteiger partial charge in [0, 0.05) is 18.8 Å². The van der Waals surface area contributed by atoms with Crippen LogP contribution in [-0.4, -0.2) is 33.8 Å². The molecule has 3 aromatic rings. The molecular formula is C27H25N3O3. The lowest BCUT2D eigenvalue weighted by Crippen LogP contribution is -2.55. The van der Waals surface area contributed by atoms with Crippen LogP contribution >= 0.6 is 0 Å². The molecule has 1 atom stereocenters. The minimum absolute atomic E-state index is 0.0396. The van der Waals surface area contributed by atoms with Gasteiger partial charge in [-0.05, 0) is 53.5 Å². The van der Waals surface area contributed by atoms with Gasteiger partial charge >= 0.3 is 0 Å². The number of aromatic hydroxyl groups is 1. The highest BCUT2D eigenvalue weighted by atomic mass is 16.3. The Kier molecular flexibility index (Phi) is 4.61. The van der Waals surface area contributed by atoms with E-state index in [0.717, 1.165) is 19.3 Å². The van der Waals surface area contributed by atoms with Crippen molar-refractivity contribution in [3.8, 4) is 5.75 Å². The SMILES string of the molecule is O=C1c2c(O)c(=O)ccn2N2CN1CC/C=C\Cc1cccc3c1[C@H]2c1ccccc1CC3. The van der Waals surface area contributed by atoms with E-state index in [9.17, 15) is 14.7 Å². The first-order valence-corrected chi connectivity index (χ1v) is 11.5. The van der Waals surface area contributed by atoms with Crippen LogP contribution in [0.15, 0.2) is 71.7 Å². The van der Waals surface area contributed by atoms with Gasteiger partial charge < -0.3 is 10.0 Å². The summed E-state index contributed by atoms with van der Waals surface area (Å²) in [5, 5.41) is 12.8. The van der Waals surface area contributed by atoms with Gasteiger partial charge in [-0.25, -0.2) is 0 Å². The van der Waals surface area contributed by atoms with Crippen molar-refractivity contribution in [2.45, 2.75) is 31.7 Å². The number of amides is 1. The van der Waals surface area contributed by atoms with Crippen molar-refractivity contribution in [1.82, 2.24) is 9.58 Å². The molecule has 0 radical (unpaired) electrons. The molecule has 0 unspecified atom stereocenters.